The number of thiophene rings is 1. The minimum absolute atomic E-state index is 0.0852. The van der Waals surface area contributed by atoms with Crippen molar-refractivity contribution in [2.75, 3.05) is 0 Å². The summed E-state index contributed by atoms with van der Waals surface area (Å²) in [6.07, 6.45) is -1.02. The Hall–Kier alpha value is -0.550. The fourth-order valence-corrected chi connectivity index (χ4v) is 3.44. The minimum Gasteiger partial charge on any atom is -0.325 e. The molecule has 0 spiro atoms. The molecule has 0 aliphatic heterocycles. The van der Waals surface area contributed by atoms with Crippen molar-refractivity contribution in [2.45, 2.75) is 50.2 Å². The maximum Gasteiger partial charge on any atom is 0.391 e. The van der Waals surface area contributed by atoms with Gasteiger partial charge in [0.05, 0.1) is 5.92 Å². The summed E-state index contributed by atoms with van der Waals surface area (Å²) in [6.45, 7) is 0. The summed E-state index contributed by atoms with van der Waals surface area (Å²) in [7, 11) is 0. The van der Waals surface area contributed by atoms with Gasteiger partial charge in [-0.1, -0.05) is 12.5 Å². The lowest BCUT2D eigenvalue weighted by atomic mass is 9.73. The van der Waals surface area contributed by atoms with E-state index in [9.17, 15) is 13.2 Å². The number of aryl methyl sites for hydroxylation is 1. The van der Waals surface area contributed by atoms with Gasteiger partial charge in [-0.2, -0.15) is 13.2 Å². The lowest BCUT2D eigenvalue weighted by Crippen LogP contribution is -2.47. The molecule has 2 unspecified atom stereocenters. The van der Waals surface area contributed by atoms with Crippen LogP contribution in [0.25, 0.3) is 0 Å². The first-order chi connectivity index (χ1) is 8.39. The first-order valence-corrected chi connectivity index (χ1v) is 7.15. The maximum absolute atomic E-state index is 12.7. The van der Waals surface area contributed by atoms with Crippen molar-refractivity contribution in [3.05, 3.63) is 22.4 Å². The molecule has 2 atom stereocenters. The molecule has 0 aromatic carbocycles. The van der Waals surface area contributed by atoms with E-state index in [0.717, 1.165) is 6.42 Å². The zero-order chi connectivity index (χ0) is 13.2. The molecule has 0 saturated heterocycles. The van der Waals surface area contributed by atoms with Gasteiger partial charge in [0.2, 0.25) is 0 Å². The van der Waals surface area contributed by atoms with Crippen LogP contribution in [0, 0.1) is 5.92 Å². The van der Waals surface area contributed by atoms with E-state index in [1.165, 1.54) is 4.88 Å². The Morgan fingerprint density at radius 2 is 2.22 bits per heavy atom. The molecule has 5 heteroatoms. The van der Waals surface area contributed by atoms with E-state index in [0.29, 0.717) is 19.3 Å². The molecule has 0 bridgehead atoms. The van der Waals surface area contributed by atoms with E-state index in [2.05, 4.69) is 0 Å². The minimum atomic E-state index is -4.09. The first-order valence-electron chi connectivity index (χ1n) is 6.27. The van der Waals surface area contributed by atoms with Crippen molar-refractivity contribution in [1.29, 1.82) is 0 Å². The van der Waals surface area contributed by atoms with Gasteiger partial charge in [0.1, 0.15) is 0 Å². The zero-order valence-electron chi connectivity index (χ0n) is 10.2. The molecule has 2 N–H and O–H groups in total. The Labute approximate surface area is 109 Å². The molecule has 1 nitrogen and oxygen atoms in total. The van der Waals surface area contributed by atoms with Gasteiger partial charge in [0.15, 0.2) is 0 Å². The molecule has 1 aromatic heterocycles. The summed E-state index contributed by atoms with van der Waals surface area (Å²) in [5.74, 6) is -1.21. The summed E-state index contributed by atoms with van der Waals surface area (Å²) < 4.78 is 38.2. The molecular weight excluding hydrogens is 259 g/mol. The predicted octanol–water partition coefficient (Wildman–Crippen LogP) is 4.13. The molecule has 1 heterocycles. The molecule has 1 aromatic rings. The van der Waals surface area contributed by atoms with Crippen LogP contribution < -0.4 is 5.73 Å². The number of hydrogen-bond donors (Lipinski definition) is 1. The van der Waals surface area contributed by atoms with Gasteiger partial charge in [-0.3, -0.25) is 0 Å². The smallest absolute Gasteiger partial charge is 0.325 e. The van der Waals surface area contributed by atoms with Crippen LogP contribution in [0.2, 0.25) is 0 Å². The van der Waals surface area contributed by atoms with Crippen molar-refractivity contribution >= 4 is 11.3 Å². The molecule has 1 fully saturated rings. The number of alkyl halides is 3. The fourth-order valence-electron chi connectivity index (χ4n) is 2.73. The van der Waals surface area contributed by atoms with E-state index < -0.39 is 17.6 Å². The van der Waals surface area contributed by atoms with Gasteiger partial charge in [-0.25, -0.2) is 0 Å². The third-order valence-corrected chi connectivity index (χ3v) is 4.73. The molecular formula is C13H18F3NS. The predicted molar refractivity (Wildman–Crippen MR) is 67.6 cm³/mol. The summed E-state index contributed by atoms with van der Waals surface area (Å²) in [6, 6.07) is 3.97. The average Bonchev–Trinajstić information content (AvgIpc) is 2.78. The number of hydrogen-bond acceptors (Lipinski definition) is 2. The third-order valence-electron chi connectivity index (χ3n) is 3.79. The summed E-state index contributed by atoms with van der Waals surface area (Å²) >= 11 is 1.64. The van der Waals surface area contributed by atoms with Crippen LogP contribution in [0.5, 0.6) is 0 Å². The molecule has 0 radical (unpaired) electrons. The number of rotatable bonds is 3. The van der Waals surface area contributed by atoms with Gasteiger partial charge in [-0.15, -0.1) is 11.3 Å². The molecule has 18 heavy (non-hydrogen) atoms. The number of nitrogens with two attached hydrogens (primary N) is 1. The van der Waals surface area contributed by atoms with Crippen LogP contribution in [-0.2, 0) is 6.42 Å². The Morgan fingerprint density at radius 3 is 2.83 bits per heavy atom. The van der Waals surface area contributed by atoms with Gasteiger partial charge < -0.3 is 5.73 Å². The lowest BCUT2D eigenvalue weighted by molar-refractivity contribution is -0.187. The Kier molecular flexibility index (Phi) is 4.02. The van der Waals surface area contributed by atoms with Crippen LogP contribution >= 0.6 is 11.3 Å². The van der Waals surface area contributed by atoms with Crippen molar-refractivity contribution < 1.29 is 13.2 Å². The quantitative estimate of drug-likeness (QED) is 0.883. The summed E-state index contributed by atoms with van der Waals surface area (Å²) in [4.78, 5) is 1.20. The second-order valence-electron chi connectivity index (χ2n) is 5.28. The second-order valence-corrected chi connectivity index (χ2v) is 6.31. The highest BCUT2D eigenvalue weighted by atomic mass is 32.1. The Morgan fingerprint density at radius 1 is 1.44 bits per heavy atom. The highest BCUT2D eigenvalue weighted by Gasteiger charge is 2.45. The van der Waals surface area contributed by atoms with Gasteiger partial charge in [0.25, 0.3) is 0 Å². The fraction of sp³-hybridized carbons (Fsp3) is 0.692. The Bertz CT molecular complexity index is 374. The lowest BCUT2D eigenvalue weighted by Gasteiger charge is -2.38. The number of halogens is 3. The molecule has 0 amide bonds. The molecule has 102 valence electrons. The van der Waals surface area contributed by atoms with Crippen molar-refractivity contribution in [2.24, 2.45) is 11.7 Å². The SMILES string of the molecule is NC1(CCc2cccs2)CCCC(C(F)(F)F)C1. The third kappa shape index (κ3) is 3.48. The zero-order valence-corrected chi connectivity index (χ0v) is 11.0. The molecule has 1 aliphatic rings. The molecule has 2 rings (SSSR count). The van der Waals surface area contributed by atoms with Crippen LogP contribution in [0.15, 0.2) is 17.5 Å². The molecule has 1 saturated carbocycles. The largest absolute Gasteiger partial charge is 0.391 e. The Balaban J connectivity index is 1.93. The van der Waals surface area contributed by atoms with E-state index in [4.69, 9.17) is 5.73 Å². The van der Waals surface area contributed by atoms with Crippen LogP contribution in [0.1, 0.15) is 37.0 Å². The maximum atomic E-state index is 12.7. The van der Waals surface area contributed by atoms with Crippen LogP contribution in [-0.4, -0.2) is 11.7 Å². The van der Waals surface area contributed by atoms with E-state index in [1.54, 1.807) is 11.3 Å². The van der Waals surface area contributed by atoms with E-state index in [-0.39, 0.29) is 12.8 Å². The normalized spacial score (nSPS) is 29.4. The summed E-state index contributed by atoms with van der Waals surface area (Å²) in [5, 5.41) is 1.98. The van der Waals surface area contributed by atoms with Crippen molar-refractivity contribution in [1.82, 2.24) is 0 Å². The van der Waals surface area contributed by atoms with E-state index >= 15 is 0 Å². The van der Waals surface area contributed by atoms with Gasteiger partial charge in [-0.05, 0) is 43.6 Å². The van der Waals surface area contributed by atoms with Crippen molar-refractivity contribution in [3.8, 4) is 0 Å². The van der Waals surface area contributed by atoms with E-state index in [1.807, 2.05) is 17.5 Å². The second kappa shape index (κ2) is 5.21. The topological polar surface area (TPSA) is 26.0 Å². The van der Waals surface area contributed by atoms with Crippen molar-refractivity contribution in [3.63, 3.8) is 0 Å². The molecule has 1 aliphatic carbocycles. The first kappa shape index (κ1) is 13.9. The van der Waals surface area contributed by atoms with Gasteiger partial charge in [0, 0.05) is 10.4 Å². The monoisotopic (exact) mass is 277 g/mol. The van der Waals surface area contributed by atoms with Gasteiger partial charge >= 0.3 is 6.18 Å². The standard InChI is InChI=1S/C13H18F3NS/c14-13(15,16)10-3-1-6-12(17,9-10)7-5-11-4-2-8-18-11/h2,4,8,10H,1,3,5-7,9,17H2. The highest BCUT2D eigenvalue weighted by Crippen LogP contribution is 2.42. The average molecular weight is 277 g/mol. The summed E-state index contributed by atoms with van der Waals surface area (Å²) in [5.41, 5.74) is 5.53. The highest BCUT2D eigenvalue weighted by molar-refractivity contribution is 7.09. The van der Waals surface area contributed by atoms with Crippen LogP contribution in [0.4, 0.5) is 13.2 Å². The van der Waals surface area contributed by atoms with Crippen LogP contribution in [0.3, 0.4) is 0 Å².